The highest BCUT2D eigenvalue weighted by atomic mass is 16.5. The Bertz CT molecular complexity index is 570. The molecule has 0 bridgehead atoms. The van der Waals surface area contributed by atoms with Crippen molar-refractivity contribution in [2.24, 2.45) is 0 Å². The van der Waals surface area contributed by atoms with Gasteiger partial charge in [0.25, 0.3) is 0 Å². The van der Waals surface area contributed by atoms with E-state index in [1.54, 1.807) is 7.11 Å². The lowest BCUT2D eigenvalue weighted by Gasteiger charge is -2.26. The van der Waals surface area contributed by atoms with Gasteiger partial charge >= 0.3 is 0 Å². The van der Waals surface area contributed by atoms with Gasteiger partial charge < -0.3 is 15.0 Å². The number of ether oxygens (including phenoxy) is 1. The highest BCUT2D eigenvalue weighted by Crippen LogP contribution is 2.34. The van der Waals surface area contributed by atoms with Crippen LogP contribution in [0, 0.1) is 0 Å². The van der Waals surface area contributed by atoms with Gasteiger partial charge in [-0.3, -0.25) is 0 Å². The van der Waals surface area contributed by atoms with Gasteiger partial charge in [0.1, 0.15) is 11.6 Å². The number of rotatable bonds is 4. The highest BCUT2D eigenvalue weighted by molar-refractivity contribution is 5.77. The van der Waals surface area contributed by atoms with Crippen LogP contribution < -0.4 is 10.1 Å². The summed E-state index contributed by atoms with van der Waals surface area (Å²) in [6.07, 6.45) is 4.68. The fraction of sp³-hybridized carbons (Fsp3) is 0.533. The van der Waals surface area contributed by atoms with E-state index in [2.05, 4.69) is 17.2 Å². The molecule has 1 atom stereocenters. The van der Waals surface area contributed by atoms with Gasteiger partial charge in [0.05, 0.1) is 23.7 Å². The number of aromatic nitrogens is 2. The summed E-state index contributed by atoms with van der Waals surface area (Å²) < 4.78 is 5.27. The number of benzene rings is 1. The number of aromatic amines is 1. The number of imidazole rings is 1. The molecule has 3 rings (SSSR count). The molecule has 1 saturated heterocycles. The lowest BCUT2D eigenvalue weighted by molar-refractivity contribution is 0.338. The molecule has 1 fully saturated rings. The Hall–Kier alpha value is -1.55. The number of methoxy groups -OCH3 is 1. The first kappa shape index (κ1) is 12.5. The van der Waals surface area contributed by atoms with Gasteiger partial charge in [-0.1, -0.05) is 13.3 Å². The first-order valence-electron chi connectivity index (χ1n) is 7.07. The number of nitrogens with one attached hydrogen (secondary N) is 2. The van der Waals surface area contributed by atoms with Gasteiger partial charge in [-0.2, -0.15) is 0 Å². The van der Waals surface area contributed by atoms with Crippen molar-refractivity contribution < 1.29 is 4.74 Å². The summed E-state index contributed by atoms with van der Waals surface area (Å²) >= 11 is 0. The van der Waals surface area contributed by atoms with Gasteiger partial charge in [0.15, 0.2) is 0 Å². The van der Waals surface area contributed by atoms with E-state index in [4.69, 9.17) is 9.72 Å². The zero-order valence-electron chi connectivity index (χ0n) is 11.6. The van der Waals surface area contributed by atoms with E-state index >= 15 is 0 Å². The molecule has 4 heteroatoms. The molecule has 1 aromatic heterocycles. The Labute approximate surface area is 113 Å². The maximum Gasteiger partial charge on any atom is 0.127 e. The predicted molar refractivity (Wildman–Crippen MR) is 76.5 cm³/mol. The summed E-state index contributed by atoms with van der Waals surface area (Å²) in [6.45, 7) is 3.31. The SMILES string of the molecule is CCCC1(c2nc3ccc(OC)cc3[nH]2)CCCN1. The van der Waals surface area contributed by atoms with E-state index in [0.717, 1.165) is 48.4 Å². The fourth-order valence-electron chi connectivity index (χ4n) is 3.11. The van der Waals surface area contributed by atoms with Crippen molar-refractivity contribution >= 4 is 11.0 Å². The van der Waals surface area contributed by atoms with Crippen molar-refractivity contribution in [3.63, 3.8) is 0 Å². The Morgan fingerprint density at radius 3 is 3.00 bits per heavy atom. The molecule has 0 radical (unpaired) electrons. The summed E-state index contributed by atoms with van der Waals surface area (Å²) in [5, 5.41) is 3.65. The van der Waals surface area contributed by atoms with Crippen LogP contribution >= 0.6 is 0 Å². The molecular formula is C15H21N3O. The number of nitrogens with zero attached hydrogens (tertiary/aromatic N) is 1. The molecule has 0 aliphatic carbocycles. The average Bonchev–Trinajstić information content (AvgIpc) is 3.05. The fourth-order valence-corrected chi connectivity index (χ4v) is 3.11. The number of fused-ring (bicyclic) bond motifs is 1. The van der Waals surface area contributed by atoms with Gasteiger partial charge in [-0.15, -0.1) is 0 Å². The van der Waals surface area contributed by atoms with E-state index < -0.39 is 0 Å². The van der Waals surface area contributed by atoms with E-state index in [-0.39, 0.29) is 5.54 Å². The summed E-state index contributed by atoms with van der Waals surface area (Å²) in [7, 11) is 1.69. The second-order valence-electron chi connectivity index (χ2n) is 5.33. The Morgan fingerprint density at radius 2 is 2.32 bits per heavy atom. The van der Waals surface area contributed by atoms with Gasteiger partial charge in [0.2, 0.25) is 0 Å². The maximum absolute atomic E-state index is 5.27. The van der Waals surface area contributed by atoms with Gasteiger partial charge in [-0.25, -0.2) is 4.98 Å². The van der Waals surface area contributed by atoms with Crippen LogP contribution in [0.4, 0.5) is 0 Å². The van der Waals surface area contributed by atoms with Crippen LogP contribution in [0.3, 0.4) is 0 Å². The van der Waals surface area contributed by atoms with E-state index in [1.807, 2.05) is 18.2 Å². The average molecular weight is 259 g/mol. The van der Waals surface area contributed by atoms with Gasteiger partial charge in [0, 0.05) is 6.07 Å². The second kappa shape index (κ2) is 4.85. The number of hydrogen-bond donors (Lipinski definition) is 2. The van der Waals surface area contributed by atoms with Crippen molar-refractivity contribution in [1.82, 2.24) is 15.3 Å². The monoisotopic (exact) mass is 259 g/mol. The smallest absolute Gasteiger partial charge is 0.127 e. The first-order valence-corrected chi connectivity index (χ1v) is 7.07. The Balaban J connectivity index is 2.03. The minimum atomic E-state index is 0.0427. The van der Waals surface area contributed by atoms with Crippen molar-refractivity contribution in [2.45, 2.75) is 38.1 Å². The normalized spacial score (nSPS) is 23.1. The van der Waals surface area contributed by atoms with Crippen LogP contribution in [0.15, 0.2) is 18.2 Å². The molecule has 1 aliphatic rings. The first-order chi connectivity index (χ1) is 9.27. The van der Waals surface area contributed by atoms with Gasteiger partial charge in [-0.05, 0) is 37.9 Å². The maximum atomic E-state index is 5.27. The molecule has 1 aliphatic heterocycles. The summed E-state index contributed by atoms with van der Waals surface area (Å²) in [6, 6.07) is 5.99. The third-order valence-corrected chi connectivity index (χ3v) is 4.06. The van der Waals surface area contributed by atoms with Crippen molar-refractivity contribution in [3.8, 4) is 5.75 Å². The predicted octanol–water partition coefficient (Wildman–Crippen LogP) is 2.95. The molecule has 4 nitrogen and oxygen atoms in total. The van der Waals surface area contributed by atoms with Crippen LogP contribution in [-0.4, -0.2) is 23.6 Å². The lowest BCUT2D eigenvalue weighted by Crippen LogP contribution is -2.37. The summed E-state index contributed by atoms with van der Waals surface area (Å²) in [5.74, 6) is 1.95. The van der Waals surface area contributed by atoms with Crippen LogP contribution in [0.5, 0.6) is 5.75 Å². The van der Waals surface area contributed by atoms with Crippen LogP contribution in [0.25, 0.3) is 11.0 Å². The van der Waals surface area contributed by atoms with Crippen LogP contribution in [0.2, 0.25) is 0 Å². The summed E-state index contributed by atoms with van der Waals surface area (Å²) in [5.41, 5.74) is 2.11. The van der Waals surface area contributed by atoms with Crippen molar-refractivity contribution in [3.05, 3.63) is 24.0 Å². The van der Waals surface area contributed by atoms with Crippen LogP contribution in [-0.2, 0) is 5.54 Å². The Kier molecular flexibility index (Phi) is 3.19. The number of hydrogen-bond acceptors (Lipinski definition) is 3. The van der Waals surface area contributed by atoms with E-state index in [1.165, 1.54) is 6.42 Å². The molecule has 1 unspecified atom stereocenters. The van der Waals surface area contributed by atoms with Crippen molar-refractivity contribution in [2.75, 3.05) is 13.7 Å². The molecule has 0 saturated carbocycles. The topological polar surface area (TPSA) is 49.9 Å². The number of H-pyrrole nitrogens is 1. The molecule has 1 aromatic carbocycles. The molecule has 2 aromatic rings. The quantitative estimate of drug-likeness (QED) is 0.887. The second-order valence-corrected chi connectivity index (χ2v) is 5.33. The largest absolute Gasteiger partial charge is 0.497 e. The molecule has 2 N–H and O–H groups in total. The molecule has 102 valence electrons. The molecule has 0 amide bonds. The zero-order valence-corrected chi connectivity index (χ0v) is 11.6. The van der Waals surface area contributed by atoms with E-state index in [0.29, 0.717) is 0 Å². The van der Waals surface area contributed by atoms with Crippen LogP contribution in [0.1, 0.15) is 38.4 Å². The molecular weight excluding hydrogens is 238 g/mol. The standard InChI is InChI=1S/C15H21N3O/c1-3-7-15(8-4-9-16-15)14-17-12-6-5-11(19-2)10-13(12)18-14/h5-6,10,16H,3-4,7-9H2,1-2H3,(H,17,18). The highest BCUT2D eigenvalue weighted by Gasteiger charge is 2.37. The molecule has 2 heterocycles. The zero-order chi connectivity index (χ0) is 13.3. The Morgan fingerprint density at radius 1 is 1.42 bits per heavy atom. The van der Waals surface area contributed by atoms with E-state index in [9.17, 15) is 0 Å². The van der Waals surface area contributed by atoms with Crippen molar-refractivity contribution in [1.29, 1.82) is 0 Å². The molecule has 0 spiro atoms. The minimum Gasteiger partial charge on any atom is -0.497 e. The molecule has 19 heavy (non-hydrogen) atoms. The lowest BCUT2D eigenvalue weighted by atomic mass is 9.91. The third kappa shape index (κ3) is 2.10. The minimum absolute atomic E-state index is 0.0427. The summed E-state index contributed by atoms with van der Waals surface area (Å²) in [4.78, 5) is 8.27. The third-order valence-electron chi connectivity index (χ3n) is 4.06.